The number of anilines is 2. The highest BCUT2D eigenvalue weighted by molar-refractivity contribution is 5.76. The van der Waals surface area contributed by atoms with E-state index in [2.05, 4.69) is 15.6 Å². The molecule has 100 valence electrons. The topological polar surface area (TPSA) is 80.0 Å². The number of nitrogens with zero attached hydrogens (tertiary/aromatic N) is 1. The Kier molecular flexibility index (Phi) is 5.29. The number of carbonyl (C=O) groups excluding carboxylic acids is 1. The van der Waals surface area contributed by atoms with E-state index in [9.17, 15) is 13.6 Å². The van der Waals surface area contributed by atoms with Crippen LogP contribution in [0.2, 0.25) is 0 Å². The zero-order valence-corrected chi connectivity index (χ0v) is 10.1. The Morgan fingerprint density at radius 3 is 2.78 bits per heavy atom. The van der Waals surface area contributed by atoms with Crippen molar-refractivity contribution in [1.82, 2.24) is 10.3 Å². The molecular weight excluding hydrogens is 242 g/mol. The zero-order valence-electron chi connectivity index (χ0n) is 10.1. The second-order valence-corrected chi connectivity index (χ2v) is 3.71. The van der Waals surface area contributed by atoms with E-state index in [1.165, 1.54) is 0 Å². The number of amides is 1. The molecule has 4 N–H and O–H groups in total. The summed E-state index contributed by atoms with van der Waals surface area (Å²) in [6.45, 7) is 2.75. The molecule has 0 fully saturated rings. The highest BCUT2D eigenvalue weighted by Crippen LogP contribution is 2.16. The predicted molar refractivity (Wildman–Crippen MR) is 65.0 cm³/mol. The third kappa shape index (κ3) is 4.15. The summed E-state index contributed by atoms with van der Waals surface area (Å²) in [5.74, 6) is -2.42. The quantitative estimate of drug-likeness (QED) is 0.718. The summed E-state index contributed by atoms with van der Waals surface area (Å²) >= 11 is 0. The van der Waals surface area contributed by atoms with Crippen molar-refractivity contribution < 1.29 is 13.6 Å². The average molecular weight is 258 g/mol. The Bertz CT molecular complexity index is 426. The second-order valence-electron chi connectivity index (χ2n) is 3.71. The molecule has 1 aromatic rings. The second kappa shape index (κ2) is 6.73. The molecule has 0 saturated heterocycles. The molecule has 0 saturated carbocycles. The number of halogens is 2. The first kappa shape index (κ1) is 14.1. The van der Waals surface area contributed by atoms with Crippen LogP contribution in [0, 0.1) is 11.6 Å². The molecule has 1 rings (SSSR count). The Morgan fingerprint density at radius 2 is 2.11 bits per heavy atom. The van der Waals surface area contributed by atoms with E-state index in [0.29, 0.717) is 12.6 Å². The molecular formula is C11H16F2N4O. The molecule has 0 atom stereocenters. The Hall–Kier alpha value is -1.92. The molecule has 1 heterocycles. The average Bonchev–Trinajstić information content (AvgIpc) is 2.33. The molecule has 18 heavy (non-hydrogen) atoms. The summed E-state index contributed by atoms with van der Waals surface area (Å²) < 4.78 is 26.1. The summed E-state index contributed by atoms with van der Waals surface area (Å²) in [6, 6.07) is 0.655. The van der Waals surface area contributed by atoms with Gasteiger partial charge in [0, 0.05) is 25.6 Å². The minimum absolute atomic E-state index is 0.139. The van der Waals surface area contributed by atoms with Gasteiger partial charge in [-0.15, -0.1) is 0 Å². The predicted octanol–water partition coefficient (Wildman–Crippen LogP) is 1.27. The molecule has 0 aliphatic carbocycles. The van der Waals surface area contributed by atoms with Crippen LogP contribution in [0.5, 0.6) is 0 Å². The van der Waals surface area contributed by atoms with E-state index in [-0.39, 0.29) is 30.5 Å². The smallest absolute Gasteiger partial charge is 0.221 e. The van der Waals surface area contributed by atoms with Crippen LogP contribution >= 0.6 is 0 Å². The van der Waals surface area contributed by atoms with E-state index in [1.54, 1.807) is 0 Å². The normalized spacial score (nSPS) is 10.2. The van der Waals surface area contributed by atoms with Crippen LogP contribution in [0.1, 0.15) is 19.8 Å². The van der Waals surface area contributed by atoms with E-state index in [4.69, 9.17) is 5.73 Å². The first-order valence-corrected chi connectivity index (χ1v) is 5.66. The lowest BCUT2D eigenvalue weighted by molar-refractivity contribution is -0.120. The third-order valence-corrected chi connectivity index (χ3v) is 2.17. The van der Waals surface area contributed by atoms with Crippen molar-refractivity contribution >= 4 is 17.5 Å². The van der Waals surface area contributed by atoms with Crippen LogP contribution in [0.4, 0.5) is 20.4 Å². The van der Waals surface area contributed by atoms with Crippen molar-refractivity contribution in [3.63, 3.8) is 0 Å². The minimum Gasteiger partial charge on any atom is -0.381 e. The molecule has 1 amide bonds. The highest BCUT2D eigenvalue weighted by Gasteiger charge is 2.09. The van der Waals surface area contributed by atoms with Gasteiger partial charge in [0.15, 0.2) is 23.3 Å². The van der Waals surface area contributed by atoms with Crippen molar-refractivity contribution in [1.29, 1.82) is 0 Å². The van der Waals surface area contributed by atoms with E-state index < -0.39 is 11.6 Å². The van der Waals surface area contributed by atoms with Gasteiger partial charge < -0.3 is 16.4 Å². The fourth-order valence-corrected chi connectivity index (χ4v) is 1.25. The molecule has 0 unspecified atom stereocenters. The number of rotatable bonds is 6. The van der Waals surface area contributed by atoms with Gasteiger partial charge in [-0.3, -0.25) is 4.79 Å². The molecule has 0 bridgehead atoms. The van der Waals surface area contributed by atoms with Crippen molar-refractivity contribution in [2.45, 2.75) is 19.8 Å². The Labute approximate surface area is 104 Å². The fourth-order valence-electron chi connectivity index (χ4n) is 1.25. The van der Waals surface area contributed by atoms with Crippen LogP contribution in [0.25, 0.3) is 0 Å². The van der Waals surface area contributed by atoms with Crippen LogP contribution in [-0.2, 0) is 4.79 Å². The number of aromatic nitrogens is 1. The van der Waals surface area contributed by atoms with Gasteiger partial charge >= 0.3 is 0 Å². The molecule has 7 heteroatoms. The molecule has 5 nitrogen and oxygen atoms in total. The number of nitrogens with one attached hydrogen (secondary N) is 2. The molecule has 0 aromatic carbocycles. The summed E-state index contributed by atoms with van der Waals surface area (Å²) in [6.07, 6.45) is 1.03. The SMILES string of the molecule is CCCNC(=O)CCNc1nc(N)c(F)cc1F. The van der Waals surface area contributed by atoms with Gasteiger partial charge in [-0.25, -0.2) is 13.8 Å². The molecule has 0 aliphatic rings. The maximum absolute atomic E-state index is 13.2. The lowest BCUT2D eigenvalue weighted by Gasteiger charge is -2.08. The van der Waals surface area contributed by atoms with E-state index in [1.807, 2.05) is 6.92 Å². The number of carbonyl (C=O) groups is 1. The van der Waals surface area contributed by atoms with Gasteiger partial charge in [0.05, 0.1) is 0 Å². The van der Waals surface area contributed by atoms with Gasteiger partial charge in [0.2, 0.25) is 5.91 Å². The Morgan fingerprint density at radius 1 is 1.39 bits per heavy atom. The van der Waals surface area contributed by atoms with Crippen molar-refractivity contribution in [2.75, 3.05) is 24.1 Å². The summed E-state index contributed by atoms with van der Waals surface area (Å²) in [5.41, 5.74) is 5.21. The first-order valence-electron chi connectivity index (χ1n) is 5.66. The van der Waals surface area contributed by atoms with Gasteiger partial charge in [0.1, 0.15) is 0 Å². The van der Waals surface area contributed by atoms with Gasteiger partial charge in [-0.2, -0.15) is 0 Å². The summed E-state index contributed by atoms with van der Waals surface area (Å²) in [7, 11) is 0. The minimum atomic E-state index is -0.904. The zero-order chi connectivity index (χ0) is 13.5. The number of hydrogen-bond acceptors (Lipinski definition) is 4. The van der Waals surface area contributed by atoms with Gasteiger partial charge in [-0.1, -0.05) is 6.92 Å². The van der Waals surface area contributed by atoms with Gasteiger partial charge in [-0.05, 0) is 6.42 Å². The van der Waals surface area contributed by atoms with Crippen molar-refractivity contribution in [3.8, 4) is 0 Å². The van der Waals surface area contributed by atoms with Crippen LogP contribution in [0.15, 0.2) is 6.07 Å². The molecule has 0 aliphatic heterocycles. The Balaban J connectivity index is 2.44. The summed E-state index contributed by atoms with van der Waals surface area (Å²) in [5, 5.41) is 5.27. The maximum Gasteiger partial charge on any atom is 0.221 e. The highest BCUT2D eigenvalue weighted by atomic mass is 19.1. The van der Waals surface area contributed by atoms with Crippen molar-refractivity contribution in [2.24, 2.45) is 0 Å². The number of nitrogens with two attached hydrogens (primary N) is 1. The van der Waals surface area contributed by atoms with E-state index >= 15 is 0 Å². The number of hydrogen-bond donors (Lipinski definition) is 3. The maximum atomic E-state index is 13.2. The fraction of sp³-hybridized carbons (Fsp3) is 0.455. The van der Waals surface area contributed by atoms with Crippen LogP contribution < -0.4 is 16.4 Å². The summed E-state index contributed by atoms with van der Waals surface area (Å²) in [4.78, 5) is 14.8. The number of nitrogen functional groups attached to an aromatic ring is 1. The molecule has 1 aromatic heterocycles. The largest absolute Gasteiger partial charge is 0.381 e. The molecule has 0 spiro atoms. The van der Waals surface area contributed by atoms with E-state index in [0.717, 1.165) is 6.42 Å². The monoisotopic (exact) mass is 258 g/mol. The standard InChI is InChI=1S/C11H16F2N4O/c1-2-4-15-9(18)3-5-16-11-8(13)6-7(12)10(14)17-11/h6H,2-5H2,1H3,(H,15,18)(H3,14,16,17). The van der Waals surface area contributed by atoms with Crippen LogP contribution in [0.3, 0.4) is 0 Å². The molecule has 0 radical (unpaired) electrons. The van der Waals surface area contributed by atoms with Crippen LogP contribution in [-0.4, -0.2) is 24.0 Å². The lowest BCUT2D eigenvalue weighted by Crippen LogP contribution is -2.26. The first-order chi connectivity index (χ1) is 8.54. The van der Waals surface area contributed by atoms with Crippen molar-refractivity contribution in [3.05, 3.63) is 17.7 Å². The lowest BCUT2D eigenvalue weighted by atomic mass is 10.3. The van der Waals surface area contributed by atoms with Gasteiger partial charge in [0.25, 0.3) is 0 Å². The third-order valence-electron chi connectivity index (χ3n) is 2.17. The number of pyridine rings is 1.